The number of aromatic nitrogens is 2. The minimum absolute atomic E-state index is 0.112. The molecule has 1 unspecified atom stereocenters. The summed E-state index contributed by atoms with van der Waals surface area (Å²) in [5.74, 6) is 2.32. The monoisotopic (exact) mass is 343 g/mol. The van der Waals surface area contributed by atoms with Crippen LogP contribution in [0.5, 0.6) is 5.75 Å². The summed E-state index contributed by atoms with van der Waals surface area (Å²) in [6.45, 7) is 8.05. The van der Waals surface area contributed by atoms with Gasteiger partial charge in [-0.25, -0.2) is 0 Å². The molecule has 1 aliphatic heterocycles. The van der Waals surface area contributed by atoms with E-state index in [2.05, 4.69) is 48.0 Å². The molecular formula is C20H29N3O2. The van der Waals surface area contributed by atoms with Crippen molar-refractivity contribution in [1.82, 2.24) is 15.1 Å². The number of benzene rings is 1. The van der Waals surface area contributed by atoms with Crippen LogP contribution in [0.4, 0.5) is 0 Å². The van der Waals surface area contributed by atoms with Crippen molar-refractivity contribution in [2.45, 2.75) is 64.5 Å². The van der Waals surface area contributed by atoms with Gasteiger partial charge in [-0.3, -0.25) is 4.90 Å². The Bertz CT molecular complexity index is 673. The van der Waals surface area contributed by atoms with Gasteiger partial charge in [0.25, 0.3) is 0 Å². The summed E-state index contributed by atoms with van der Waals surface area (Å²) in [6, 6.07) is 8.83. The summed E-state index contributed by atoms with van der Waals surface area (Å²) < 4.78 is 11.2. The van der Waals surface area contributed by atoms with Gasteiger partial charge in [0.2, 0.25) is 11.8 Å². The number of hydrogen-bond acceptors (Lipinski definition) is 5. The summed E-state index contributed by atoms with van der Waals surface area (Å²) in [7, 11) is 1.70. The zero-order valence-electron chi connectivity index (χ0n) is 15.8. The lowest BCUT2D eigenvalue weighted by molar-refractivity contribution is 0.171. The Morgan fingerprint density at radius 3 is 2.52 bits per heavy atom. The first-order chi connectivity index (χ1) is 12.0. The highest BCUT2D eigenvalue weighted by molar-refractivity contribution is 5.29. The third-order valence-electron chi connectivity index (χ3n) is 4.81. The van der Waals surface area contributed by atoms with Crippen molar-refractivity contribution in [3.8, 4) is 5.75 Å². The molecule has 0 bridgehead atoms. The minimum atomic E-state index is -0.112. The predicted molar refractivity (Wildman–Crippen MR) is 97.6 cm³/mol. The van der Waals surface area contributed by atoms with Gasteiger partial charge in [-0.2, -0.15) is 0 Å². The maximum atomic E-state index is 5.93. The summed E-state index contributed by atoms with van der Waals surface area (Å²) in [5, 5.41) is 8.52. The largest absolute Gasteiger partial charge is 0.497 e. The van der Waals surface area contributed by atoms with Crippen LogP contribution in [0.3, 0.4) is 0 Å². The number of ether oxygens (including phenoxy) is 1. The van der Waals surface area contributed by atoms with E-state index in [1.807, 2.05) is 12.1 Å². The molecule has 1 aromatic heterocycles. The molecule has 0 spiro atoms. The van der Waals surface area contributed by atoms with Gasteiger partial charge in [0.05, 0.1) is 13.7 Å². The maximum absolute atomic E-state index is 5.93. The standard InChI is InChI=1S/C20H29N3O2/c1-20(2,3)19-22-21-18(25-19)14-23-13-7-5-6-8-17(23)15-9-11-16(24-4)12-10-15/h9-12,17H,5-8,13-14H2,1-4H3. The van der Waals surface area contributed by atoms with Crippen LogP contribution in [0.2, 0.25) is 0 Å². The second-order valence-corrected chi connectivity index (χ2v) is 7.86. The molecule has 1 fully saturated rings. The molecule has 0 saturated carbocycles. The first kappa shape index (κ1) is 17.9. The summed E-state index contributed by atoms with van der Waals surface area (Å²) in [5.41, 5.74) is 1.22. The van der Waals surface area contributed by atoms with E-state index in [1.165, 1.54) is 24.8 Å². The molecule has 3 rings (SSSR count). The Labute approximate surface area is 150 Å². The summed E-state index contributed by atoms with van der Waals surface area (Å²) >= 11 is 0. The fourth-order valence-corrected chi connectivity index (χ4v) is 3.35. The molecule has 1 saturated heterocycles. The van der Waals surface area contributed by atoms with E-state index < -0.39 is 0 Å². The van der Waals surface area contributed by atoms with E-state index in [0.29, 0.717) is 24.4 Å². The van der Waals surface area contributed by atoms with Crippen molar-refractivity contribution in [2.75, 3.05) is 13.7 Å². The first-order valence-corrected chi connectivity index (χ1v) is 9.18. The SMILES string of the molecule is COc1ccc(C2CCCCCN2Cc2nnc(C(C)(C)C)o2)cc1. The number of rotatable bonds is 4. The third-order valence-corrected chi connectivity index (χ3v) is 4.81. The fourth-order valence-electron chi connectivity index (χ4n) is 3.35. The molecule has 1 aliphatic rings. The van der Waals surface area contributed by atoms with Gasteiger partial charge < -0.3 is 9.15 Å². The molecule has 2 aromatic rings. The van der Waals surface area contributed by atoms with E-state index in [1.54, 1.807) is 7.11 Å². The Balaban J connectivity index is 1.79. The normalized spacial score (nSPS) is 19.6. The molecule has 5 heteroatoms. The molecule has 136 valence electrons. The first-order valence-electron chi connectivity index (χ1n) is 9.18. The van der Waals surface area contributed by atoms with E-state index in [9.17, 15) is 0 Å². The number of nitrogens with zero attached hydrogens (tertiary/aromatic N) is 3. The van der Waals surface area contributed by atoms with E-state index in [0.717, 1.165) is 18.7 Å². The van der Waals surface area contributed by atoms with Crippen LogP contribution >= 0.6 is 0 Å². The van der Waals surface area contributed by atoms with Gasteiger partial charge in [-0.1, -0.05) is 45.7 Å². The van der Waals surface area contributed by atoms with Crippen LogP contribution in [0.1, 0.15) is 69.8 Å². The second-order valence-electron chi connectivity index (χ2n) is 7.86. The molecule has 25 heavy (non-hydrogen) atoms. The lowest BCUT2D eigenvalue weighted by Gasteiger charge is -2.29. The van der Waals surface area contributed by atoms with Gasteiger partial charge in [-0.05, 0) is 37.1 Å². The molecule has 0 amide bonds. The number of methoxy groups -OCH3 is 1. The molecule has 0 aliphatic carbocycles. The number of likely N-dealkylation sites (tertiary alicyclic amines) is 1. The van der Waals surface area contributed by atoms with Gasteiger partial charge in [0, 0.05) is 11.5 Å². The van der Waals surface area contributed by atoms with Crippen LogP contribution in [-0.4, -0.2) is 28.8 Å². The second kappa shape index (κ2) is 7.56. The highest BCUT2D eigenvalue weighted by atomic mass is 16.5. The van der Waals surface area contributed by atoms with Crippen LogP contribution < -0.4 is 4.74 Å². The summed E-state index contributed by atoms with van der Waals surface area (Å²) in [6.07, 6.45) is 4.91. The van der Waals surface area contributed by atoms with Crippen molar-refractivity contribution in [1.29, 1.82) is 0 Å². The number of hydrogen-bond donors (Lipinski definition) is 0. The molecular weight excluding hydrogens is 314 g/mol. The molecule has 1 atom stereocenters. The zero-order chi connectivity index (χ0) is 17.9. The third kappa shape index (κ3) is 4.40. The Kier molecular flexibility index (Phi) is 5.42. The average Bonchev–Trinajstić information content (AvgIpc) is 2.95. The minimum Gasteiger partial charge on any atom is -0.497 e. The van der Waals surface area contributed by atoms with Crippen molar-refractivity contribution < 1.29 is 9.15 Å². The highest BCUT2D eigenvalue weighted by Gasteiger charge is 2.26. The van der Waals surface area contributed by atoms with Crippen LogP contribution in [0, 0.1) is 0 Å². The Morgan fingerprint density at radius 1 is 1.12 bits per heavy atom. The van der Waals surface area contributed by atoms with Gasteiger partial charge in [-0.15, -0.1) is 10.2 Å². The van der Waals surface area contributed by atoms with Crippen molar-refractivity contribution in [3.05, 3.63) is 41.6 Å². The van der Waals surface area contributed by atoms with E-state index in [-0.39, 0.29) is 5.41 Å². The van der Waals surface area contributed by atoms with Crippen LogP contribution in [0.25, 0.3) is 0 Å². The molecule has 0 N–H and O–H groups in total. The van der Waals surface area contributed by atoms with Crippen molar-refractivity contribution in [3.63, 3.8) is 0 Å². The van der Waals surface area contributed by atoms with Crippen molar-refractivity contribution >= 4 is 0 Å². The van der Waals surface area contributed by atoms with E-state index in [4.69, 9.17) is 9.15 Å². The van der Waals surface area contributed by atoms with Crippen LogP contribution in [0.15, 0.2) is 28.7 Å². The smallest absolute Gasteiger partial charge is 0.230 e. The Morgan fingerprint density at radius 2 is 1.88 bits per heavy atom. The molecule has 2 heterocycles. The van der Waals surface area contributed by atoms with E-state index >= 15 is 0 Å². The zero-order valence-corrected chi connectivity index (χ0v) is 15.8. The lowest BCUT2D eigenvalue weighted by atomic mass is 9.97. The van der Waals surface area contributed by atoms with Crippen LogP contribution in [-0.2, 0) is 12.0 Å². The Hall–Kier alpha value is -1.88. The fraction of sp³-hybridized carbons (Fsp3) is 0.600. The summed E-state index contributed by atoms with van der Waals surface area (Å²) in [4.78, 5) is 2.48. The van der Waals surface area contributed by atoms with Gasteiger partial charge >= 0.3 is 0 Å². The average molecular weight is 343 g/mol. The predicted octanol–water partition coefficient (Wildman–Crippen LogP) is 4.49. The quantitative estimate of drug-likeness (QED) is 0.818. The van der Waals surface area contributed by atoms with Gasteiger partial charge in [0.15, 0.2) is 0 Å². The lowest BCUT2D eigenvalue weighted by Crippen LogP contribution is -2.28. The van der Waals surface area contributed by atoms with Crippen molar-refractivity contribution in [2.24, 2.45) is 0 Å². The molecule has 0 radical (unpaired) electrons. The highest BCUT2D eigenvalue weighted by Crippen LogP contribution is 2.32. The maximum Gasteiger partial charge on any atom is 0.230 e. The topological polar surface area (TPSA) is 51.4 Å². The molecule has 5 nitrogen and oxygen atoms in total. The molecule has 1 aromatic carbocycles. The van der Waals surface area contributed by atoms with Gasteiger partial charge in [0.1, 0.15) is 5.75 Å².